The van der Waals surface area contributed by atoms with Gasteiger partial charge in [0, 0.05) is 0 Å². The van der Waals surface area contributed by atoms with E-state index in [1.807, 2.05) is 25.1 Å². The number of hydrogen-bond donors (Lipinski definition) is 1. The summed E-state index contributed by atoms with van der Waals surface area (Å²) in [7, 11) is 0. The standard InChI is InChI=1S/C12H10N2O3/c1-8-3-2-4-9(5-8)17-11-7-13-6-10(14-11)12(15)16/h2-7H,1H3,(H,15,16). The molecule has 0 amide bonds. The van der Waals surface area contributed by atoms with Crippen LogP contribution in [0.3, 0.4) is 0 Å². The van der Waals surface area contributed by atoms with Crippen molar-refractivity contribution in [3.63, 3.8) is 0 Å². The van der Waals surface area contributed by atoms with Gasteiger partial charge in [-0.15, -0.1) is 0 Å². The minimum absolute atomic E-state index is 0.143. The predicted molar refractivity (Wildman–Crippen MR) is 60.2 cm³/mol. The lowest BCUT2D eigenvalue weighted by Crippen LogP contribution is -2.02. The maximum absolute atomic E-state index is 10.7. The van der Waals surface area contributed by atoms with E-state index in [9.17, 15) is 4.79 Å². The van der Waals surface area contributed by atoms with E-state index in [2.05, 4.69) is 9.97 Å². The first-order chi connectivity index (χ1) is 8.15. The van der Waals surface area contributed by atoms with Crippen molar-refractivity contribution in [2.45, 2.75) is 6.92 Å². The van der Waals surface area contributed by atoms with Crippen LogP contribution in [0.15, 0.2) is 36.7 Å². The number of hydrogen-bond acceptors (Lipinski definition) is 4. The Morgan fingerprint density at radius 1 is 1.35 bits per heavy atom. The summed E-state index contributed by atoms with van der Waals surface area (Å²) in [5.74, 6) is -0.371. The summed E-state index contributed by atoms with van der Waals surface area (Å²) in [6.45, 7) is 1.94. The minimum atomic E-state index is -1.13. The summed E-state index contributed by atoms with van der Waals surface area (Å²) in [5, 5.41) is 8.76. The van der Waals surface area contributed by atoms with Crippen LogP contribution in [-0.4, -0.2) is 21.0 Å². The average molecular weight is 230 g/mol. The zero-order valence-electron chi connectivity index (χ0n) is 9.12. The molecule has 5 heteroatoms. The SMILES string of the molecule is Cc1cccc(Oc2cncc(C(=O)O)n2)c1. The maximum atomic E-state index is 10.7. The summed E-state index contributed by atoms with van der Waals surface area (Å²) < 4.78 is 5.41. The molecule has 0 fully saturated rings. The molecule has 86 valence electrons. The van der Waals surface area contributed by atoms with Crippen molar-refractivity contribution in [3.05, 3.63) is 47.9 Å². The number of rotatable bonds is 3. The molecule has 0 atom stereocenters. The summed E-state index contributed by atoms with van der Waals surface area (Å²) >= 11 is 0. The van der Waals surface area contributed by atoms with Gasteiger partial charge in [-0.05, 0) is 24.6 Å². The van der Waals surface area contributed by atoms with E-state index in [4.69, 9.17) is 9.84 Å². The van der Waals surface area contributed by atoms with Crippen LogP contribution in [0, 0.1) is 6.92 Å². The van der Waals surface area contributed by atoms with Crippen LogP contribution in [0.25, 0.3) is 0 Å². The Hall–Kier alpha value is -2.43. The van der Waals surface area contributed by atoms with Gasteiger partial charge < -0.3 is 9.84 Å². The Balaban J connectivity index is 2.24. The molecule has 1 aromatic heterocycles. The number of ether oxygens (including phenoxy) is 1. The molecule has 2 aromatic rings. The number of aryl methyl sites for hydroxylation is 1. The van der Waals surface area contributed by atoms with Gasteiger partial charge in [0.25, 0.3) is 0 Å². The van der Waals surface area contributed by atoms with Crippen LogP contribution in [0.1, 0.15) is 16.1 Å². The number of benzene rings is 1. The lowest BCUT2D eigenvalue weighted by molar-refractivity contribution is 0.0689. The van der Waals surface area contributed by atoms with Gasteiger partial charge in [-0.2, -0.15) is 0 Å². The number of carbonyl (C=O) groups is 1. The summed E-state index contributed by atoms with van der Waals surface area (Å²) in [4.78, 5) is 18.3. The maximum Gasteiger partial charge on any atom is 0.356 e. The topological polar surface area (TPSA) is 72.3 Å². The second kappa shape index (κ2) is 4.61. The molecule has 0 saturated carbocycles. The van der Waals surface area contributed by atoms with Crippen LogP contribution in [0.2, 0.25) is 0 Å². The second-order valence-electron chi connectivity index (χ2n) is 3.47. The first-order valence-corrected chi connectivity index (χ1v) is 4.95. The fourth-order valence-electron chi connectivity index (χ4n) is 1.30. The fraction of sp³-hybridized carbons (Fsp3) is 0.0833. The fourth-order valence-corrected chi connectivity index (χ4v) is 1.30. The van der Waals surface area contributed by atoms with Crippen molar-refractivity contribution in [2.24, 2.45) is 0 Å². The highest BCUT2D eigenvalue weighted by Gasteiger charge is 2.07. The minimum Gasteiger partial charge on any atom is -0.476 e. The summed E-state index contributed by atoms with van der Waals surface area (Å²) in [6.07, 6.45) is 2.54. The molecule has 0 aliphatic rings. The predicted octanol–water partition coefficient (Wildman–Crippen LogP) is 2.28. The molecule has 5 nitrogen and oxygen atoms in total. The van der Waals surface area contributed by atoms with Crippen molar-refractivity contribution >= 4 is 5.97 Å². The zero-order valence-corrected chi connectivity index (χ0v) is 9.12. The molecule has 0 aliphatic carbocycles. The van der Waals surface area contributed by atoms with Crippen molar-refractivity contribution < 1.29 is 14.6 Å². The highest BCUT2D eigenvalue weighted by atomic mass is 16.5. The summed E-state index contributed by atoms with van der Waals surface area (Å²) in [5.41, 5.74) is 0.903. The van der Waals surface area contributed by atoms with Crippen LogP contribution in [0.4, 0.5) is 0 Å². The normalized spacial score (nSPS) is 9.94. The highest BCUT2D eigenvalue weighted by Crippen LogP contribution is 2.19. The van der Waals surface area contributed by atoms with Gasteiger partial charge in [0.15, 0.2) is 5.69 Å². The number of aromatic carboxylic acids is 1. The Morgan fingerprint density at radius 2 is 2.18 bits per heavy atom. The highest BCUT2D eigenvalue weighted by molar-refractivity contribution is 5.84. The van der Waals surface area contributed by atoms with Gasteiger partial charge >= 0.3 is 5.97 Å². The number of aromatic nitrogens is 2. The molecule has 0 bridgehead atoms. The molecule has 0 spiro atoms. The molecule has 0 unspecified atom stereocenters. The van der Waals surface area contributed by atoms with Crippen molar-refractivity contribution in [2.75, 3.05) is 0 Å². The molecule has 2 rings (SSSR count). The lowest BCUT2D eigenvalue weighted by atomic mass is 10.2. The summed E-state index contributed by atoms with van der Waals surface area (Å²) in [6, 6.07) is 7.38. The van der Waals surface area contributed by atoms with Crippen molar-refractivity contribution in [1.82, 2.24) is 9.97 Å². The first kappa shape index (κ1) is 11.1. The van der Waals surface area contributed by atoms with Crippen LogP contribution >= 0.6 is 0 Å². The molecular formula is C12H10N2O3. The molecule has 1 aromatic carbocycles. The van der Waals surface area contributed by atoms with Gasteiger partial charge in [0.05, 0.1) is 12.4 Å². The van der Waals surface area contributed by atoms with E-state index in [1.165, 1.54) is 12.4 Å². The average Bonchev–Trinajstić information content (AvgIpc) is 2.29. The van der Waals surface area contributed by atoms with E-state index >= 15 is 0 Å². The zero-order chi connectivity index (χ0) is 12.3. The van der Waals surface area contributed by atoms with Crippen molar-refractivity contribution in [1.29, 1.82) is 0 Å². The van der Waals surface area contributed by atoms with Gasteiger partial charge in [-0.3, -0.25) is 4.98 Å². The monoisotopic (exact) mass is 230 g/mol. The Bertz CT molecular complexity index is 555. The quantitative estimate of drug-likeness (QED) is 0.875. The molecule has 17 heavy (non-hydrogen) atoms. The molecule has 1 heterocycles. The Labute approximate surface area is 97.7 Å². The first-order valence-electron chi connectivity index (χ1n) is 4.95. The molecule has 0 saturated heterocycles. The number of carboxylic acids is 1. The third kappa shape index (κ3) is 2.78. The largest absolute Gasteiger partial charge is 0.476 e. The van der Waals surface area contributed by atoms with Crippen molar-refractivity contribution in [3.8, 4) is 11.6 Å². The van der Waals surface area contributed by atoms with E-state index in [-0.39, 0.29) is 11.6 Å². The molecule has 0 radical (unpaired) electrons. The van der Waals surface area contributed by atoms with Gasteiger partial charge in [0.2, 0.25) is 5.88 Å². The van der Waals surface area contributed by atoms with Crippen LogP contribution in [-0.2, 0) is 0 Å². The third-order valence-corrected chi connectivity index (χ3v) is 2.04. The third-order valence-electron chi connectivity index (χ3n) is 2.04. The van der Waals surface area contributed by atoms with E-state index < -0.39 is 5.97 Å². The van der Waals surface area contributed by atoms with Gasteiger partial charge in [-0.1, -0.05) is 12.1 Å². The Kier molecular flexibility index (Phi) is 3.00. The Morgan fingerprint density at radius 3 is 2.88 bits per heavy atom. The lowest BCUT2D eigenvalue weighted by Gasteiger charge is -2.05. The molecule has 1 N–H and O–H groups in total. The van der Waals surface area contributed by atoms with Crippen LogP contribution < -0.4 is 4.74 Å². The number of carboxylic acid groups (broad SMARTS) is 1. The second-order valence-corrected chi connectivity index (χ2v) is 3.47. The van der Waals surface area contributed by atoms with E-state index in [0.717, 1.165) is 5.56 Å². The van der Waals surface area contributed by atoms with E-state index in [1.54, 1.807) is 6.07 Å². The van der Waals surface area contributed by atoms with Gasteiger partial charge in [-0.25, -0.2) is 9.78 Å². The smallest absolute Gasteiger partial charge is 0.356 e. The van der Waals surface area contributed by atoms with Crippen LogP contribution in [0.5, 0.6) is 11.6 Å². The molecular weight excluding hydrogens is 220 g/mol. The van der Waals surface area contributed by atoms with Gasteiger partial charge in [0.1, 0.15) is 5.75 Å². The van der Waals surface area contributed by atoms with E-state index in [0.29, 0.717) is 5.75 Å². The molecule has 0 aliphatic heterocycles. The number of nitrogens with zero attached hydrogens (tertiary/aromatic N) is 2.